The van der Waals surface area contributed by atoms with Gasteiger partial charge in [-0.15, -0.1) is 0 Å². The van der Waals surface area contributed by atoms with Crippen LogP contribution in [0.4, 0.5) is 8.78 Å². The van der Waals surface area contributed by atoms with Crippen molar-refractivity contribution in [3.05, 3.63) is 94.3 Å². The molecule has 4 nitrogen and oxygen atoms in total. The molecule has 0 saturated carbocycles. The first-order valence-corrected chi connectivity index (χ1v) is 10.3. The van der Waals surface area contributed by atoms with Gasteiger partial charge in [-0.05, 0) is 36.6 Å². The smallest absolute Gasteiger partial charge is 0.336 e. The molecule has 1 aliphatic carbocycles. The predicted molar refractivity (Wildman–Crippen MR) is 112 cm³/mol. The van der Waals surface area contributed by atoms with Crippen LogP contribution in [0.2, 0.25) is 0 Å². The highest BCUT2D eigenvalue weighted by Crippen LogP contribution is 2.44. The lowest BCUT2D eigenvalue weighted by atomic mass is 9.71. The van der Waals surface area contributed by atoms with Crippen molar-refractivity contribution in [2.45, 2.75) is 32.1 Å². The summed E-state index contributed by atoms with van der Waals surface area (Å²) in [6.07, 6.45) is 3.42. The van der Waals surface area contributed by atoms with Crippen LogP contribution in [-0.4, -0.2) is 18.4 Å². The average molecular weight is 423 g/mol. The minimum atomic E-state index is -1.01. The number of Topliss-reactive ketones (excluding diaryl/α,β-unsaturated/α-hetero) is 1. The first-order valence-electron chi connectivity index (χ1n) is 10.3. The molecule has 2 unspecified atom stereocenters. The van der Waals surface area contributed by atoms with Gasteiger partial charge in [0.25, 0.3) is 0 Å². The Balaban J connectivity index is 1.66. The Morgan fingerprint density at radius 3 is 2.61 bits per heavy atom. The Bertz CT molecular complexity index is 1080. The highest BCUT2D eigenvalue weighted by atomic mass is 19.2. The third kappa shape index (κ3) is 4.29. The van der Waals surface area contributed by atoms with E-state index >= 15 is 0 Å². The van der Waals surface area contributed by atoms with Crippen LogP contribution in [0.15, 0.2) is 71.6 Å². The second-order valence-electron chi connectivity index (χ2n) is 7.83. The monoisotopic (exact) mass is 423 g/mol. The molecular weight excluding hydrogens is 400 g/mol. The number of benzene rings is 2. The molecule has 2 aliphatic rings. The lowest BCUT2D eigenvalue weighted by Gasteiger charge is -2.38. The van der Waals surface area contributed by atoms with E-state index in [9.17, 15) is 18.4 Å². The number of ether oxygens (including phenoxy) is 1. The molecule has 1 heterocycles. The van der Waals surface area contributed by atoms with Gasteiger partial charge in [-0.1, -0.05) is 42.5 Å². The zero-order chi connectivity index (χ0) is 22.0. The van der Waals surface area contributed by atoms with Gasteiger partial charge in [0, 0.05) is 30.2 Å². The van der Waals surface area contributed by atoms with Crippen molar-refractivity contribution in [1.82, 2.24) is 5.32 Å². The maximum absolute atomic E-state index is 14.0. The van der Waals surface area contributed by atoms with Crippen LogP contribution in [0.3, 0.4) is 0 Å². The molecule has 0 fully saturated rings. The molecule has 0 aromatic heterocycles. The number of esters is 1. The van der Waals surface area contributed by atoms with Crippen LogP contribution in [0, 0.1) is 17.6 Å². The van der Waals surface area contributed by atoms with E-state index in [1.54, 1.807) is 6.92 Å². The summed E-state index contributed by atoms with van der Waals surface area (Å²) in [5, 5.41) is 3.16. The molecule has 0 spiro atoms. The molecule has 0 saturated heterocycles. The molecule has 6 heteroatoms. The number of rotatable bonds is 5. The standard InChI is InChI=1S/C25H23F2NO3/c1-15-22(25(30)31-13-12-16-6-3-2-4-7-16)23(17-10-11-18(26)19(27)14-17)24-20(28-15)8-5-9-21(24)29/h2-4,6-8,10-11,14,23-24,28H,5,9,12-13H2,1H3. The minimum Gasteiger partial charge on any atom is -0.462 e. The number of fused-ring (bicyclic) bond motifs is 1. The molecule has 4 rings (SSSR count). The Morgan fingerprint density at radius 1 is 1.10 bits per heavy atom. The van der Waals surface area contributed by atoms with E-state index in [0.717, 1.165) is 17.7 Å². The molecule has 0 radical (unpaired) electrons. The summed E-state index contributed by atoms with van der Waals surface area (Å²) in [7, 11) is 0. The van der Waals surface area contributed by atoms with E-state index in [1.807, 2.05) is 36.4 Å². The van der Waals surface area contributed by atoms with Gasteiger partial charge < -0.3 is 10.1 Å². The predicted octanol–water partition coefficient (Wildman–Crippen LogP) is 4.57. The lowest BCUT2D eigenvalue weighted by Crippen LogP contribution is -2.41. The Hall–Kier alpha value is -3.28. The van der Waals surface area contributed by atoms with Crippen LogP contribution in [0.25, 0.3) is 0 Å². The number of halogens is 2. The minimum absolute atomic E-state index is 0.0400. The van der Waals surface area contributed by atoms with Gasteiger partial charge >= 0.3 is 5.97 Å². The second kappa shape index (κ2) is 8.84. The summed E-state index contributed by atoms with van der Waals surface area (Å²) in [5.41, 5.74) is 2.94. The maximum Gasteiger partial charge on any atom is 0.336 e. The Labute approximate surface area is 179 Å². The zero-order valence-corrected chi connectivity index (χ0v) is 17.2. The largest absolute Gasteiger partial charge is 0.462 e. The maximum atomic E-state index is 14.0. The molecule has 1 aliphatic heterocycles. The third-order valence-electron chi connectivity index (χ3n) is 5.81. The Morgan fingerprint density at radius 2 is 1.87 bits per heavy atom. The molecule has 2 atom stereocenters. The SMILES string of the molecule is CC1=C(C(=O)OCCc2ccccc2)C(c2ccc(F)c(F)c2)C2C(=O)CCC=C2N1. The fourth-order valence-corrected chi connectivity index (χ4v) is 4.33. The number of allylic oxidation sites excluding steroid dienone is 3. The van der Waals surface area contributed by atoms with E-state index < -0.39 is 29.4 Å². The van der Waals surface area contributed by atoms with Crippen molar-refractivity contribution in [2.24, 2.45) is 5.92 Å². The number of hydrogen-bond acceptors (Lipinski definition) is 4. The van der Waals surface area contributed by atoms with Crippen molar-refractivity contribution in [2.75, 3.05) is 6.61 Å². The summed E-state index contributed by atoms with van der Waals surface area (Å²) in [5.74, 6) is -3.98. The van der Waals surface area contributed by atoms with Gasteiger partial charge in [-0.25, -0.2) is 13.6 Å². The number of carbonyl (C=O) groups is 2. The normalized spacial score (nSPS) is 20.6. The topological polar surface area (TPSA) is 55.4 Å². The number of hydrogen-bond donors (Lipinski definition) is 1. The van der Waals surface area contributed by atoms with Gasteiger partial charge in [0.05, 0.1) is 18.1 Å². The summed E-state index contributed by atoms with van der Waals surface area (Å²) in [6.45, 7) is 1.91. The third-order valence-corrected chi connectivity index (χ3v) is 5.81. The van der Waals surface area contributed by atoms with Crippen molar-refractivity contribution in [3.8, 4) is 0 Å². The van der Waals surface area contributed by atoms with Gasteiger partial charge in [-0.2, -0.15) is 0 Å². The van der Waals surface area contributed by atoms with Gasteiger partial charge in [-0.3, -0.25) is 4.79 Å². The van der Waals surface area contributed by atoms with E-state index in [0.29, 0.717) is 36.2 Å². The molecule has 2 aromatic rings. The fourth-order valence-electron chi connectivity index (χ4n) is 4.33. The molecule has 2 aromatic carbocycles. The quantitative estimate of drug-likeness (QED) is 0.716. The van der Waals surface area contributed by atoms with Crippen LogP contribution in [-0.2, 0) is 20.7 Å². The van der Waals surface area contributed by atoms with E-state index in [1.165, 1.54) is 6.07 Å². The molecule has 0 amide bonds. The van der Waals surface area contributed by atoms with Gasteiger partial charge in [0.2, 0.25) is 0 Å². The zero-order valence-electron chi connectivity index (χ0n) is 17.2. The van der Waals surface area contributed by atoms with Crippen molar-refractivity contribution in [1.29, 1.82) is 0 Å². The van der Waals surface area contributed by atoms with Gasteiger partial charge in [0.15, 0.2) is 11.6 Å². The van der Waals surface area contributed by atoms with Gasteiger partial charge in [0.1, 0.15) is 5.78 Å². The molecule has 31 heavy (non-hydrogen) atoms. The summed E-state index contributed by atoms with van der Waals surface area (Å²) in [4.78, 5) is 25.9. The van der Waals surface area contributed by atoms with Crippen molar-refractivity contribution >= 4 is 11.8 Å². The molecule has 0 bridgehead atoms. The summed E-state index contributed by atoms with van der Waals surface area (Å²) >= 11 is 0. The molecule has 1 N–H and O–H groups in total. The fraction of sp³-hybridized carbons (Fsp3) is 0.280. The van der Waals surface area contributed by atoms with Crippen LogP contribution in [0.1, 0.15) is 36.8 Å². The van der Waals surface area contributed by atoms with Crippen molar-refractivity contribution in [3.63, 3.8) is 0 Å². The van der Waals surface area contributed by atoms with Crippen molar-refractivity contribution < 1.29 is 23.1 Å². The van der Waals surface area contributed by atoms with E-state index in [4.69, 9.17) is 4.74 Å². The molecule has 160 valence electrons. The van der Waals surface area contributed by atoms with E-state index in [2.05, 4.69) is 5.32 Å². The van der Waals surface area contributed by atoms with Crippen LogP contribution in [0.5, 0.6) is 0 Å². The lowest BCUT2D eigenvalue weighted by molar-refractivity contribution is -0.139. The molecular formula is C25H23F2NO3. The summed E-state index contributed by atoms with van der Waals surface area (Å²) in [6, 6.07) is 13.2. The Kier molecular flexibility index (Phi) is 5.98. The highest BCUT2D eigenvalue weighted by Gasteiger charge is 2.43. The summed E-state index contributed by atoms with van der Waals surface area (Å²) < 4.78 is 33.2. The second-order valence-corrected chi connectivity index (χ2v) is 7.83. The number of carbonyl (C=O) groups excluding carboxylic acids is 2. The van der Waals surface area contributed by atoms with Crippen LogP contribution < -0.4 is 5.32 Å². The first-order chi connectivity index (χ1) is 15.0. The number of ketones is 1. The first kappa shape index (κ1) is 21.0. The van der Waals surface area contributed by atoms with Crippen LogP contribution >= 0.6 is 0 Å². The highest BCUT2D eigenvalue weighted by molar-refractivity contribution is 5.96. The number of nitrogens with one attached hydrogen (secondary N) is 1. The van der Waals surface area contributed by atoms with E-state index in [-0.39, 0.29) is 18.0 Å². The average Bonchev–Trinajstić information content (AvgIpc) is 2.75.